The molecule has 1 aliphatic rings. The van der Waals surface area contributed by atoms with E-state index in [1.54, 1.807) is 46.4 Å². The van der Waals surface area contributed by atoms with Crippen LogP contribution in [0.5, 0.6) is 0 Å². The molecule has 1 amide bonds. The van der Waals surface area contributed by atoms with Gasteiger partial charge in [0.05, 0.1) is 0 Å². The molecule has 0 aromatic heterocycles. The first-order valence-electron chi connectivity index (χ1n) is 11.2. The molecule has 1 fully saturated rings. The molecule has 0 aromatic rings. The molecular weight excluding hydrogens is 412 g/mol. The number of rotatable bonds is 8. The highest BCUT2D eigenvalue weighted by atomic mass is 16.6. The summed E-state index contributed by atoms with van der Waals surface area (Å²) in [6.07, 6.45) is 5.20. The van der Waals surface area contributed by atoms with Crippen LogP contribution in [0.2, 0.25) is 0 Å². The number of esters is 2. The second-order valence-electron chi connectivity index (χ2n) is 10.4. The molecule has 5 unspecified atom stereocenters. The van der Waals surface area contributed by atoms with Crippen molar-refractivity contribution >= 4 is 17.8 Å². The van der Waals surface area contributed by atoms with Crippen molar-refractivity contribution < 1.29 is 29.0 Å². The van der Waals surface area contributed by atoms with E-state index in [2.05, 4.69) is 11.2 Å². The standard InChI is InChI=1S/C24H40N2O6/c1-10-16(13-25-15(3)27)20(22(30)32-24(7,8)9)26-14-17(19(28)11-2)12-18(26)21(29)31-23(4,5)6/h2,16-20,28H,10,12-14H2,1,3-9H3,(H,25,27). The SMILES string of the molecule is C#CC(O)C1CC(C(=O)OC(C)(C)C)N(C(C(=O)OC(C)(C)C)C(CC)CNC(C)=O)C1. The van der Waals surface area contributed by atoms with E-state index >= 15 is 0 Å². The van der Waals surface area contributed by atoms with Gasteiger partial charge in [-0.2, -0.15) is 0 Å². The van der Waals surface area contributed by atoms with Crippen molar-refractivity contribution in [3.05, 3.63) is 0 Å². The van der Waals surface area contributed by atoms with Gasteiger partial charge in [0, 0.05) is 31.8 Å². The van der Waals surface area contributed by atoms with E-state index in [9.17, 15) is 19.5 Å². The molecule has 1 heterocycles. The van der Waals surface area contributed by atoms with Crippen LogP contribution in [0.4, 0.5) is 0 Å². The number of hydrogen-bond acceptors (Lipinski definition) is 7. The van der Waals surface area contributed by atoms with E-state index in [1.165, 1.54) is 6.92 Å². The Bertz CT molecular complexity index is 715. The molecule has 182 valence electrons. The van der Waals surface area contributed by atoms with Crippen LogP contribution in [-0.2, 0) is 23.9 Å². The van der Waals surface area contributed by atoms with Gasteiger partial charge in [-0.1, -0.05) is 12.8 Å². The van der Waals surface area contributed by atoms with Gasteiger partial charge in [-0.15, -0.1) is 6.42 Å². The fraction of sp³-hybridized carbons (Fsp3) is 0.792. The maximum absolute atomic E-state index is 13.4. The van der Waals surface area contributed by atoms with Crippen LogP contribution in [0.25, 0.3) is 0 Å². The first kappa shape index (κ1) is 27.9. The largest absolute Gasteiger partial charge is 0.459 e. The smallest absolute Gasteiger partial charge is 0.324 e. The fourth-order valence-corrected chi connectivity index (χ4v) is 3.88. The summed E-state index contributed by atoms with van der Waals surface area (Å²) in [5.74, 6) is 0.430. The van der Waals surface area contributed by atoms with Crippen molar-refractivity contribution in [2.24, 2.45) is 11.8 Å². The number of aliphatic hydroxyl groups excluding tert-OH is 1. The second-order valence-corrected chi connectivity index (χ2v) is 10.4. The summed E-state index contributed by atoms with van der Waals surface area (Å²) in [4.78, 5) is 39.7. The molecule has 1 saturated heterocycles. The van der Waals surface area contributed by atoms with Crippen molar-refractivity contribution in [3.8, 4) is 12.3 Å². The highest BCUT2D eigenvalue weighted by Gasteiger charge is 2.49. The average Bonchev–Trinajstić information content (AvgIpc) is 3.06. The molecule has 1 aliphatic heterocycles. The average molecular weight is 453 g/mol. The van der Waals surface area contributed by atoms with E-state index in [-0.39, 0.29) is 31.3 Å². The molecule has 0 bridgehead atoms. The lowest BCUT2D eigenvalue weighted by molar-refractivity contribution is -0.169. The van der Waals surface area contributed by atoms with E-state index < -0.39 is 47.2 Å². The summed E-state index contributed by atoms with van der Waals surface area (Å²) in [6.45, 7) is 14.4. The number of hydrogen-bond donors (Lipinski definition) is 2. The van der Waals surface area contributed by atoms with Gasteiger partial charge in [0.15, 0.2) is 0 Å². The van der Waals surface area contributed by atoms with Crippen molar-refractivity contribution in [1.82, 2.24) is 10.2 Å². The number of ether oxygens (including phenoxy) is 2. The third-order valence-corrected chi connectivity index (χ3v) is 5.26. The van der Waals surface area contributed by atoms with Gasteiger partial charge in [-0.25, -0.2) is 0 Å². The molecule has 8 nitrogen and oxygen atoms in total. The summed E-state index contributed by atoms with van der Waals surface area (Å²) in [5, 5.41) is 13.1. The highest BCUT2D eigenvalue weighted by Crippen LogP contribution is 2.33. The minimum Gasteiger partial charge on any atom is -0.459 e. The molecule has 2 N–H and O–H groups in total. The van der Waals surface area contributed by atoms with Crippen LogP contribution in [0, 0.1) is 24.2 Å². The quantitative estimate of drug-likeness (QED) is 0.428. The lowest BCUT2D eigenvalue weighted by Gasteiger charge is -2.37. The maximum atomic E-state index is 13.4. The molecule has 5 atom stereocenters. The molecule has 0 aliphatic carbocycles. The van der Waals surface area contributed by atoms with Crippen LogP contribution in [0.1, 0.15) is 68.2 Å². The molecule has 0 radical (unpaired) electrons. The maximum Gasteiger partial charge on any atom is 0.324 e. The summed E-state index contributed by atoms with van der Waals surface area (Å²) in [6, 6.07) is -1.59. The van der Waals surface area contributed by atoms with Crippen LogP contribution in [0.3, 0.4) is 0 Å². The van der Waals surface area contributed by atoms with Crippen LogP contribution < -0.4 is 5.32 Å². The summed E-state index contributed by atoms with van der Waals surface area (Å²) in [5.41, 5.74) is -1.45. The minimum absolute atomic E-state index is 0.211. The van der Waals surface area contributed by atoms with Gasteiger partial charge < -0.3 is 19.9 Å². The molecule has 8 heteroatoms. The number of nitrogens with zero attached hydrogens (tertiary/aromatic N) is 1. The Labute approximate surface area is 192 Å². The van der Waals surface area contributed by atoms with Crippen molar-refractivity contribution in [1.29, 1.82) is 0 Å². The van der Waals surface area contributed by atoms with Crippen molar-refractivity contribution in [2.45, 2.75) is 97.6 Å². The molecule has 1 rings (SSSR count). The Morgan fingerprint density at radius 1 is 1.16 bits per heavy atom. The zero-order chi connectivity index (χ0) is 24.9. The number of carbonyl (C=O) groups is 3. The summed E-state index contributed by atoms with van der Waals surface area (Å²) in [7, 11) is 0. The highest BCUT2D eigenvalue weighted by molar-refractivity contribution is 5.81. The fourth-order valence-electron chi connectivity index (χ4n) is 3.88. The lowest BCUT2D eigenvalue weighted by Crippen LogP contribution is -2.55. The first-order chi connectivity index (χ1) is 14.6. The molecule has 0 aromatic carbocycles. The van der Waals surface area contributed by atoms with Gasteiger partial charge in [0.2, 0.25) is 5.91 Å². The van der Waals surface area contributed by atoms with Crippen LogP contribution in [-0.4, -0.2) is 70.3 Å². The number of carbonyl (C=O) groups excluding carboxylic acids is 3. The third-order valence-electron chi connectivity index (χ3n) is 5.26. The number of terminal acetylenes is 1. The number of nitrogens with one attached hydrogen (secondary N) is 1. The Balaban J connectivity index is 3.40. The number of amides is 1. The minimum atomic E-state index is -1.06. The topological polar surface area (TPSA) is 105 Å². The predicted molar refractivity (Wildman–Crippen MR) is 121 cm³/mol. The van der Waals surface area contributed by atoms with Gasteiger partial charge in [0.1, 0.15) is 29.4 Å². The number of likely N-dealkylation sites (tertiary alicyclic amines) is 1. The van der Waals surface area contributed by atoms with Crippen LogP contribution >= 0.6 is 0 Å². The second kappa shape index (κ2) is 11.2. The monoisotopic (exact) mass is 452 g/mol. The van der Waals surface area contributed by atoms with E-state index in [1.807, 2.05) is 6.92 Å². The van der Waals surface area contributed by atoms with Gasteiger partial charge in [-0.3, -0.25) is 19.3 Å². The predicted octanol–water partition coefficient (Wildman–Crippen LogP) is 1.89. The Hall–Kier alpha value is -2.11. The van der Waals surface area contributed by atoms with Crippen molar-refractivity contribution in [2.75, 3.05) is 13.1 Å². The Morgan fingerprint density at radius 3 is 2.16 bits per heavy atom. The van der Waals surface area contributed by atoms with E-state index in [0.717, 1.165) is 0 Å². The summed E-state index contributed by atoms with van der Waals surface area (Å²) >= 11 is 0. The Morgan fingerprint density at radius 2 is 1.72 bits per heavy atom. The normalized spacial score (nSPS) is 22.4. The van der Waals surface area contributed by atoms with E-state index in [0.29, 0.717) is 6.42 Å². The zero-order valence-electron chi connectivity index (χ0n) is 20.7. The molecule has 0 saturated carbocycles. The number of aliphatic hydroxyl groups is 1. The zero-order valence-corrected chi connectivity index (χ0v) is 20.7. The molecular formula is C24H40N2O6. The molecule has 32 heavy (non-hydrogen) atoms. The summed E-state index contributed by atoms with van der Waals surface area (Å²) < 4.78 is 11.3. The van der Waals surface area contributed by atoms with Gasteiger partial charge in [-0.05, 0) is 54.4 Å². The first-order valence-corrected chi connectivity index (χ1v) is 11.2. The van der Waals surface area contributed by atoms with Crippen LogP contribution in [0.15, 0.2) is 0 Å². The Kier molecular flexibility index (Phi) is 9.73. The van der Waals surface area contributed by atoms with Gasteiger partial charge in [0.25, 0.3) is 0 Å². The molecule has 0 spiro atoms. The van der Waals surface area contributed by atoms with Crippen molar-refractivity contribution in [3.63, 3.8) is 0 Å². The lowest BCUT2D eigenvalue weighted by atomic mass is 9.94. The van der Waals surface area contributed by atoms with E-state index in [4.69, 9.17) is 15.9 Å². The third kappa shape index (κ3) is 8.44. The van der Waals surface area contributed by atoms with Gasteiger partial charge >= 0.3 is 11.9 Å².